The second kappa shape index (κ2) is 7.21. The Morgan fingerprint density at radius 3 is 2.33 bits per heavy atom. The summed E-state index contributed by atoms with van der Waals surface area (Å²) in [5, 5.41) is 4.12. The van der Waals surface area contributed by atoms with Gasteiger partial charge in [0.15, 0.2) is 0 Å². The van der Waals surface area contributed by atoms with Crippen molar-refractivity contribution in [3.05, 3.63) is 77.4 Å². The summed E-state index contributed by atoms with van der Waals surface area (Å²) in [6, 6.07) is 22.5. The zero-order valence-electron chi connectivity index (χ0n) is 18.4. The molecule has 1 nitrogen and oxygen atoms in total. The van der Waals surface area contributed by atoms with E-state index in [1.54, 1.807) is 0 Å². The molecule has 150 valence electrons. The van der Waals surface area contributed by atoms with Crippen LogP contribution in [0.15, 0.2) is 60.7 Å². The molecule has 0 aliphatic carbocycles. The first-order chi connectivity index (χ1) is 14.5. The molecule has 5 aromatic rings. The minimum Gasteiger partial charge on any atom is -0.194 e. The van der Waals surface area contributed by atoms with Crippen molar-refractivity contribution in [1.29, 1.82) is 0 Å². The Labute approximate surface area is 182 Å². The van der Waals surface area contributed by atoms with E-state index in [0.29, 0.717) is 5.92 Å². The first kappa shape index (κ1) is 19.3. The zero-order valence-corrected chi connectivity index (χ0v) is 19.2. The van der Waals surface area contributed by atoms with Crippen LogP contribution in [0.4, 0.5) is 0 Å². The van der Waals surface area contributed by atoms with Crippen LogP contribution in [0.25, 0.3) is 42.3 Å². The van der Waals surface area contributed by atoms with Crippen LogP contribution in [-0.2, 0) is 13.5 Å². The SMILES string of the molecule is Cc1cc2c(sc3ccccc32)c(-c2cc(CC(C)C)c3ccccc3[n+]2C)c1C. The van der Waals surface area contributed by atoms with E-state index in [1.165, 1.54) is 59.0 Å². The molecule has 0 unspecified atom stereocenters. The van der Waals surface area contributed by atoms with Gasteiger partial charge in [-0.15, -0.1) is 11.3 Å². The highest BCUT2D eigenvalue weighted by Gasteiger charge is 2.24. The molecule has 0 radical (unpaired) electrons. The van der Waals surface area contributed by atoms with Gasteiger partial charge in [-0.05, 0) is 61.1 Å². The van der Waals surface area contributed by atoms with Crippen LogP contribution in [0.1, 0.15) is 30.5 Å². The fourth-order valence-electron chi connectivity index (χ4n) is 4.75. The maximum atomic E-state index is 2.45. The molecule has 0 bridgehead atoms. The fourth-order valence-corrected chi connectivity index (χ4v) is 6.04. The Balaban J connectivity index is 1.93. The maximum Gasteiger partial charge on any atom is 0.214 e. The van der Waals surface area contributed by atoms with Crippen molar-refractivity contribution in [2.45, 2.75) is 34.1 Å². The van der Waals surface area contributed by atoms with E-state index in [1.807, 2.05) is 11.3 Å². The van der Waals surface area contributed by atoms with E-state index in [2.05, 4.69) is 100.0 Å². The highest BCUT2D eigenvalue weighted by atomic mass is 32.1. The molecule has 0 saturated heterocycles. The standard InChI is InChI=1S/C28H28NS/c1-17(2)14-20-16-25(29(5)24-12-8-6-10-21(20)24)27-19(4)18(3)15-23-22-11-7-9-13-26(22)30-28(23)27/h6-13,15-17H,14H2,1-5H3/q+1. The number of para-hydroxylation sites is 1. The van der Waals surface area contributed by atoms with Crippen LogP contribution in [0.2, 0.25) is 0 Å². The lowest BCUT2D eigenvalue weighted by Gasteiger charge is -2.14. The van der Waals surface area contributed by atoms with Gasteiger partial charge in [0.2, 0.25) is 11.2 Å². The Morgan fingerprint density at radius 1 is 0.867 bits per heavy atom. The van der Waals surface area contributed by atoms with Gasteiger partial charge in [-0.25, -0.2) is 0 Å². The number of nitrogens with zero attached hydrogens (tertiary/aromatic N) is 1. The molecule has 0 atom stereocenters. The Bertz CT molecular complexity index is 1420. The monoisotopic (exact) mass is 410 g/mol. The summed E-state index contributed by atoms with van der Waals surface area (Å²) < 4.78 is 5.16. The molecule has 0 saturated carbocycles. The van der Waals surface area contributed by atoms with Gasteiger partial charge < -0.3 is 0 Å². The first-order valence-electron chi connectivity index (χ1n) is 10.8. The molecule has 0 N–H and O–H groups in total. The lowest BCUT2D eigenvalue weighted by Crippen LogP contribution is -2.33. The van der Waals surface area contributed by atoms with Crippen LogP contribution in [0.5, 0.6) is 0 Å². The van der Waals surface area contributed by atoms with Crippen molar-refractivity contribution >= 4 is 42.4 Å². The van der Waals surface area contributed by atoms with Gasteiger partial charge in [0.1, 0.15) is 7.05 Å². The van der Waals surface area contributed by atoms with Crippen LogP contribution >= 0.6 is 11.3 Å². The van der Waals surface area contributed by atoms with E-state index in [-0.39, 0.29) is 0 Å². The number of thiophene rings is 1. The summed E-state index contributed by atoms with van der Waals surface area (Å²) in [5.74, 6) is 0.622. The van der Waals surface area contributed by atoms with Gasteiger partial charge in [-0.2, -0.15) is 4.57 Å². The number of pyridine rings is 1. The van der Waals surface area contributed by atoms with Gasteiger partial charge in [0, 0.05) is 37.7 Å². The molecule has 0 aliphatic heterocycles. The minimum absolute atomic E-state index is 0.622. The molecule has 3 aromatic carbocycles. The number of hydrogen-bond donors (Lipinski definition) is 0. The Hall–Kier alpha value is -2.71. The second-order valence-electron chi connectivity index (χ2n) is 8.90. The summed E-state index contributed by atoms with van der Waals surface area (Å²) in [4.78, 5) is 0. The predicted octanol–water partition coefficient (Wildman–Crippen LogP) is 7.51. The Kier molecular flexibility index (Phi) is 4.63. The average Bonchev–Trinajstić information content (AvgIpc) is 3.09. The summed E-state index contributed by atoms with van der Waals surface area (Å²) in [5.41, 5.74) is 8.21. The molecular formula is C28H28NS+. The van der Waals surface area contributed by atoms with Gasteiger partial charge in [0.05, 0.1) is 5.56 Å². The smallest absolute Gasteiger partial charge is 0.194 e. The molecule has 0 spiro atoms. The van der Waals surface area contributed by atoms with Crippen molar-refractivity contribution in [2.24, 2.45) is 13.0 Å². The summed E-state index contributed by atoms with van der Waals surface area (Å²) >= 11 is 1.93. The molecule has 0 fully saturated rings. The van der Waals surface area contributed by atoms with E-state index >= 15 is 0 Å². The van der Waals surface area contributed by atoms with Crippen LogP contribution in [0.3, 0.4) is 0 Å². The molecule has 5 rings (SSSR count). The average molecular weight is 411 g/mol. The predicted molar refractivity (Wildman–Crippen MR) is 131 cm³/mol. The molecule has 0 amide bonds. The lowest BCUT2D eigenvalue weighted by atomic mass is 9.93. The summed E-state index contributed by atoms with van der Waals surface area (Å²) in [7, 11) is 2.22. The molecule has 30 heavy (non-hydrogen) atoms. The van der Waals surface area contributed by atoms with Crippen molar-refractivity contribution < 1.29 is 4.57 Å². The van der Waals surface area contributed by atoms with E-state index in [9.17, 15) is 0 Å². The number of hydrogen-bond acceptors (Lipinski definition) is 1. The first-order valence-corrected chi connectivity index (χ1v) is 11.6. The summed E-state index contributed by atoms with van der Waals surface area (Å²) in [6.07, 6.45) is 1.09. The van der Waals surface area contributed by atoms with E-state index in [4.69, 9.17) is 0 Å². The van der Waals surface area contributed by atoms with Crippen LogP contribution < -0.4 is 4.57 Å². The van der Waals surface area contributed by atoms with Crippen molar-refractivity contribution in [1.82, 2.24) is 0 Å². The maximum absolute atomic E-state index is 2.45. The molecule has 2 heteroatoms. The largest absolute Gasteiger partial charge is 0.214 e. The zero-order chi connectivity index (χ0) is 21.0. The lowest BCUT2D eigenvalue weighted by molar-refractivity contribution is -0.633. The topological polar surface area (TPSA) is 3.88 Å². The third kappa shape index (κ3) is 2.94. The molecule has 2 aromatic heterocycles. The second-order valence-corrected chi connectivity index (χ2v) is 9.95. The number of rotatable bonds is 3. The fraction of sp³-hybridized carbons (Fsp3) is 0.250. The third-order valence-electron chi connectivity index (χ3n) is 6.36. The van der Waals surface area contributed by atoms with Crippen molar-refractivity contribution in [3.8, 4) is 11.3 Å². The highest BCUT2D eigenvalue weighted by molar-refractivity contribution is 7.26. The highest BCUT2D eigenvalue weighted by Crippen LogP contribution is 2.42. The van der Waals surface area contributed by atoms with Crippen molar-refractivity contribution in [3.63, 3.8) is 0 Å². The molecule has 2 heterocycles. The number of aromatic nitrogens is 1. The third-order valence-corrected chi connectivity index (χ3v) is 7.56. The number of aryl methyl sites for hydroxylation is 2. The number of benzene rings is 3. The molecule has 0 aliphatic rings. The van der Waals surface area contributed by atoms with Crippen LogP contribution in [0, 0.1) is 19.8 Å². The van der Waals surface area contributed by atoms with Gasteiger partial charge in [-0.3, -0.25) is 0 Å². The number of fused-ring (bicyclic) bond motifs is 4. The van der Waals surface area contributed by atoms with E-state index < -0.39 is 0 Å². The van der Waals surface area contributed by atoms with Crippen molar-refractivity contribution in [2.75, 3.05) is 0 Å². The van der Waals surface area contributed by atoms with E-state index in [0.717, 1.165) is 6.42 Å². The van der Waals surface area contributed by atoms with Crippen LogP contribution in [-0.4, -0.2) is 0 Å². The normalized spacial score (nSPS) is 11.9. The van der Waals surface area contributed by atoms with Gasteiger partial charge in [0.25, 0.3) is 0 Å². The van der Waals surface area contributed by atoms with Gasteiger partial charge in [-0.1, -0.05) is 44.2 Å². The van der Waals surface area contributed by atoms with Gasteiger partial charge >= 0.3 is 0 Å². The quantitative estimate of drug-likeness (QED) is 0.271. The molecular weight excluding hydrogens is 382 g/mol. The summed E-state index contributed by atoms with van der Waals surface area (Å²) in [6.45, 7) is 9.15. The minimum atomic E-state index is 0.622. The Morgan fingerprint density at radius 2 is 1.57 bits per heavy atom.